The van der Waals surface area contributed by atoms with Crippen molar-refractivity contribution in [1.82, 2.24) is 5.32 Å². The minimum absolute atomic E-state index is 0.0264. The van der Waals surface area contributed by atoms with Crippen molar-refractivity contribution in [3.63, 3.8) is 0 Å². The smallest absolute Gasteiger partial charge is 0.251 e. The minimum atomic E-state index is -0.0301. The third-order valence-corrected chi connectivity index (χ3v) is 3.71. The molecule has 2 aromatic rings. The molecule has 22 heavy (non-hydrogen) atoms. The second-order valence-corrected chi connectivity index (χ2v) is 5.31. The first-order valence-corrected chi connectivity index (χ1v) is 7.74. The van der Waals surface area contributed by atoms with Crippen molar-refractivity contribution >= 4 is 5.91 Å². The van der Waals surface area contributed by atoms with E-state index in [-0.39, 0.29) is 11.9 Å². The summed E-state index contributed by atoms with van der Waals surface area (Å²) in [5.74, 6) is 0.796. The second-order valence-electron chi connectivity index (χ2n) is 5.31. The maximum Gasteiger partial charge on any atom is 0.251 e. The predicted molar refractivity (Wildman–Crippen MR) is 89.2 cm³/mol. The van der Waals surface area contributed by atoms with Crippen LogP contribution >= 0.6 is 0 Å². The molecule has 0 aromatic heterocycles. The zero-order chi connectivity index (χ0) is 15.8. The van der Waals surface area contributed by atoms with E-state index in [0.29, 0.717) is 5.56 Å². The Morgan fingerprint density at radius 2 is 1.77 bits per heavy atom. The highest BCUT2D eigenvalue weighted by molar-refractivity contribution is 5.94. The lowest BCUT2D eigenvalue weighted by atomic mass is 10.0. The molecule has 0 saturated heterocycles. The molecule has 1 N–H and O–H groups in total. The van der Waals surface area contributed by atoms with Gasteiger partial charge >= 0.3 is 0 Å². The molecule has 0 fully saturated rings. The van der Waals surface area contributed by atoms with Gasteiger partial charge in [-0.05, 0) is 36.2 Å². The summed E-state index contributed by atoms with van der Waals surface area (Å²) in [5.41, 5.74) is 1.80. The molecule has 0 spiro atoms. The fraction of sp³-hybridized carbons (Fsp3) is 0.316. The lowest BCUT2D eigenvalue weighted by molar-refractivity contribution is 0.0934. The first-order valence-electron chi connectivity index (χ1n) is 7.74. The molecule has 0 aliphatic heterocycles. The van der Waals surface area contributed by atoms with Gasteiger partial charge in [-0.15, -0.1) is 0 Å². The summed E-state index contributed by atoms with van der Waals surface area (Å²) in [5, 5.41) is 3.14. The van der Waals surface area contributed by atoms with Crippen LogP contribution in [0, 0.1) is 0 Å². The fourth-order valence-electron chi connectivity index (χ4n) is 2.40. The van der Waals surface area contributed by atoms with Crippen LogP contribution in [0.15, 0.2) is 54.6 Å². The van der Waals surface area contributed by atoms with Crippen LogP contribution in [0.1, 0.15) is 48.1 Å². The van der Waals surface area contributed by atoms with Gasteiger partial charge in [0.15, 0.2) is 0 Å². The number of hydrogen-bond donors (Lipinski definition) is 1. The summed E-state index contributed by atoms with van der Waals surface area (Å²) < 4.78 is 5.19. The number of nitrogens with one attached hydrogen (secondary N) is 1. The van der Waals surface area contributed by atoms with Crippen LogP contribution in [0.5, 0.6) is 5.75 Å². The second kappa shape index (κ2) is 8.23. The van der Waals surface area contributed by atoms with Crippen LogP contribution in [0.4, 0.5) is 0 Å². The van der Waals surface area contributed by atoms with E-state index < -0.39 is 0 Å². The molecule has 0 aliphatic rings. The van der Waals surface area contributed by atoms with Gasteiger partial charge in [0.1, 0.15) is 5.75 Å². The SMILES string of the molecule is CCCCC(NC(=O)c1ccccc1)c1ccc(OC)cc1. The van der Waals surface area contributed by atoms with E-state index in [2.05, 4.69) is 12.2 Å². The quantitative estimate of drug-likeness (QED) is 0.824. The molecule has 1 amide bonds. The maximum absolute atomic E-state index is 12.4. The highest BCUT2D eigenvalue weighted by Gasteiger charge is 2.15. The number of carbonyl (C=O) groups excluding carboxylic acids is 1. The minimum Gasteiger partial charge on any atom is -0.497 e. The summed E-state index contributed by atoms with van der Waals surface area (Å²) in [4.78, 5) is 12.4. The number of carbonyl (C=O) groups is 1. The predicted octanol–water partition coefficient (Wildman–Crippen LogP) is 4.36. The van der Waals surface area contributed by atoms with Crippen LogP contribution in [0.25, 0.3) is 0 Å². The summed E-state index contributed by atoms with van der Waals surface area (Å²) in [6.07, 6.45) is 3.11. The van der Waals surface area contributed by atoms with Crippen molar-refractivity contribution in [2.75, 3.05) is 7.11 Å². The zero-order valence-electron chi connectivity index (χ0n) is 13.2. The van der Waals surface area contributed by atoms with Crippen molar-refractivity contribution in [3.8, 4) is 5.75 Å². The molecule has 1 unspecified atom stereocenters. The Kier molecular flexibility index (Phi) is 6.01. The number of rotatable bonds is 7. The number of hydrogen-bond acceptors (Lipinski definition) is 2. The van der Waals surface area contributed by atoms with Gasteiger partial charge in [0.05, 0.1) is 13.2 Å². The van der Waals surface area contributed by atoms with Crippen molar-refractivity contribution < 1.29 is 9.53 Å². The van der Waals surface area contributed by atoms with Crippen molar-refractivity contribution in [3.05, 3.63) is 65.7 Å². The molecule has 116 valence electrons. The molecule has 1 atom stereocenters. The van der Waals surface area contributed by atoms with Gasteiger partial charge in [-0.1, -0.05) is 50.1 Å². The Labute approximate surface area is 132 Å². The Balaban J connectivity index is 2.13. The first kappa shape index (κ1) is 16.1. The largest absolute Gasteiger partial charge is 0.497 e. The van der Waals surface area contributed by atoms with Crippen LogP contribution in [-0.4, -0.2) is 13.0 Å². The molecule has 0 heterocycles. The monoisotopic (exact) mass is 297 g/mol. The lowest BCUT2D eigenvalue weighted by Gasteiger charge is -2.19. The number of amides is 1. The van der Waals surface area contributed by atoms with Gasteiger partial charge < -0.3 is 10.1 Å². The molecule has 0 radical (unpaired) electrons. The molecular weight excluding hydrogens is 274 g/mol. The normalized spacial score (nSPS) is 11.7. The van der Waals surface area contributed by atoms with Crippen molar-refractivity contribution in [1.29, 1.82) is 0 Å². The molecule has 3 heteroatoms. The third kappa shape index (κ3) is 4.35. The molecule has 3 nitrogen and oxygen atoms in total. The van der Waals surface area contributed by atoms with Gasteiger partial charge in [0, 0.05) is 5.56 Å². The Bertz CT molecular complexity index is 578. The summed E-state index contributed by atoms with van der Waals surface area (Å²) >= 11 is 0. The van der Waals surface area contributed by atoms with Gasteiger partial charge in [0.2, 0.25) is 0 Å². The maximum atomic E-state index is 12.4. The van der Waals surface area contributed by atoms with E-state index in [1.807, 2.05) is 54.6 Å². The van der Waals surface area contributed by atoms with E-state index in [0.717, 1.165) is 30.6 Å². The van der Waals surface area contributed by atoms with Gasteiger partial charge in [-0.25, -0.2) is 0 Å². The Hall–Kier alpha value is -2.29. The molecule has 2 rings (SSSR count). The van der Waals surface area contributed by atoms with Crippen LogP contribution in [0.3, 0.4) is 0 Å². The van der Waals surface area contributed by atoms with E-state index in [1.54, 1.807) is 7.11 Å². The lowest BCUT2D eigenvalue weighted by Crippen LogP contribution is -2.28. The molecular formula is C19H23NO2. The number of benzene rings is 2. The summed E-state index contributed by atoms with van der Waals surface area (Å²) in [6, 6.07) is 17.3. The van der Waals surface area contributed by atoms with Gasteiger partial charge in [-0.2, -0.15) is 0 Å². The average molecular weight is 297 g/mol. The number of ether oxygens (including phenoxy) is 1. The summed E-state index contributed by atoms with van der Waals surface area (Å²) in [6.45, 7) is 2.16. The van der Waals surface area contributed by atoms with E-state index >= 15 is 0 Å². The highest BCUT2D eigenvalue weighted by Crippen LogP contribution is 2.22. The van der Waals surface area contributed by atoms with Gasteiger partial charge in [-0.3, -0.25) is 4.79 Å². The van der Waals surface area contributed by atoms with Crippen LogP contribution in [-0.2, 0) is 0 Å². The van der Waals surface area contributed by atoms with E-state index in [4.69, 9.17) is 4.74 Å². The molecule has 0 saturated carbocycles. The van der Waals surface area contributed by atoms with Crippen molar-refractivity contribution in [2.24, 2.45) is 0 Å². The third-order valence-electron chi connectivity index (χ3n) is 3.71. The number of methoxy groups -OCH3 is 1. The topological polar surface area (TPSA) is 38.3 Å². The number of unbranched alkanes of at least 4 members (excludes halogenated alkanes) is 1. The zero-order valence-corrected chi connectivity index (χ0v) is 13.2. The molecule has 0 aliphatic carbocycles. The van der Waals surface area contributed by atoms with Crippen LogP contribution in [0.2, 0.25) is 0 Å². The molecule has 2 aromatic carbocycles. The fourth-order valence-corrected chi connectivity index (χ4v) is 2.40. The Morgan fingerprint density at radius 1 is 1.09 bits per heavy atom. The highest BCUT2D eigenvalue weighted by atomic mass is 16.5. The molecule has 0 bridgehead atoms. The first-order chi connectivity index (χ1) is 10.7. The van der Waals surface area contributed by atoms with E-state index in [1.165, 1.54) is 0 Å². The van der Waals surface area contributed by atoms with Crippen molar-refractivity contribution in [2.45, 2.75) is 32.2 Å². The standard InChI is InChI=1S/C19H23NO2/c1-3-4-10-18(15-11-13-17(22-2)14-12-15)20-19(21)16-8-6-5-7-9-16/h5-9,11-14,18H,3-4,10H2,1-2H3,(H,20,21). The average Bonchev–Trinajstić information content (AvgIpc) is 2.59. The van der Waals surface area contributed by atoms with Gasteiger partial charge in [0.25, 0.3) is 5.91 Å². The van der Waals surface area contributed by atoms with Crippen LogP contribution < -0.4 is 10.1 Å². The summed E-state index contributed by atoms with van der Waals surface area (Å²) in [7, 11) is 1.65. The van der Waals surface area contributed by atoms with E-state index in [9.17, 15) is 4.79 Å². The Morgan fingerprint density at radius 3 is 2.36 bits per heavy atom.